The second-order valence-electron chi connectivity index (χ2n) is 2.01. The van der Waals surface area contributed by atoms with Gasteiger partial charge in [-0.15, -0.1) is 0 Å². The molecule has 0 spiro atoms. The zero-order valence-corrected chi connectivity index (χ0v) is 5.99. The Kier molecular flexibility index (Phi) is 2.74. The summed E-state index contributed by atoms with van der Waals surface area (Å²) in [6.07, 6.45) is 2.66. The van der Waals surface area contributed by atoms with E-state index in [-0.39, 0.29) is 0 Å². The van der Waals surface area contributed by atoms with E-state index in [9.17, 15) is 0 Å². The lowest BCUT2D eigenvalue weighted by molar-refractivity contribution is 0.190. The summed E-state index contributed by atoms with van der Waals surface area (Å²) in [7, 11) is 2.31. The Bertz CT molecular complexity index is 63.4. The molecule has 1 fully saturated rings. The molecule has 1 atom stereocenters. The summed E-state index contributed by atoms with van der Waals surface area (Å²) in [5.41, 5.74) is 0. The fourth-order valence-electron chi connectivity index (χ4n) is 0.863. The van der Waals surface area contributed by atoms with Crippen LogP contribution in [0.2, 0.25) is 0 Å². The van der Waals surface area contributed by atoms with Crippen molar-refractivity contribution in [3.8, 4) is 0 Å². The van der Waals surface area contributed by atoms with Crippen LogP contribution in [0.4, 0.5) is 0 Å². The van der Waals surface area contributed by atoms with Crippen molar-refractivity contribution in [1.29, 1.82) is 0 Å². The number of rotatable bonds is 1. The van der Waals surface area contributed by atoms with Crippen LogP contribution in [0.15, 0.2) is 0 Å². The monoisotopic (exact) mass is 132 g/mol. The zero-order valence-electron chi connectivity index (χ0n) is 4.84. The highest BCUT2D eigenvalue weighted by atomic mass is 31.0. The van der Waals surface area contributed by atoms with E-state index in [2.05, 4.69) is 14.8 Å². The first-order valence-corrected chi connectivity index (χ1v) is 3.39. The lowest BCUT2D eigenvalue weighted by atomic mass is 10.1. The fraction of sp³-hybridized carbons (Fsp3) is 1.00. The van der Waals surface area contributed by atoms with Gasteiger partial charge in [-0.1, -0.05) is 0 Å². The second kappa shape index (κ2) is 3.39. The third-order valence-corrected chi connectivity index (χ3v) is 1.80. The predicted octanol–water partition coefficient (Wildman–Crippen LogP) is 0.560. The molecule has 0 bridgehead atoms. The standard InChI is InChI=1S/C5H11NOP/c8-7-5-1-3-6-4-2-5/h5H,1-4,8H2. The number of piperidine rings is 1. The van der Waals surface area contributed by atoms with Gasteiger partial charge in [0.15, 0.2) is 0 Å². The van der Waals surface area contributed by atoms with Gasteiger partial charge in [-0.2, -0.15) is 0 Å². The molecular formula is C5H11NOP. The minimum Gasteiger partial charge on any atom is -0.362 e. The van der Waals surface area contributed by atoms with Crippen LogP contribution < -0.4 is 5.32 Å². The van der Waals surface area contributed by atoms with Gasteiger partial charge in [0.05, 0.1) is 6.10 Å². The van der Waals surface area contributed by atoms with Gasteiger partial charge >= 0.3 is 0 Å². The van der Waals surface area contributed by atoms with E-state index in [0.29, 0.717) is 6.10 Å². The van der Waals surface area contributed by atoms with Gasteiger partial charge in [-0.25, -0.2) is 5.32 Å². The van der Waals surface area contributed by atoms with Crippen LogP contribution in [0.3, 0.4) is 0 Å². The smallest absolute Gasteiger partial charge is 0.0636 e. The van der Waals surface area contributed by atoms with E-state index < -0.39 is 0 Å². The van der Waals surface area contributed by atoms with Gasteiger partial charge in [0.25, 0.3) is 0 Å². The molecular weight excluding hydrogens is 121 g/mol. The normalized spacial score (nSPS) is 23.6. The maximum atomic E-state index is 5.05. The maximum absolute atomic E-state index is 5.05. The van der Waals surface area contributed by atoms with Gasteiger partial charge in [0.1, 0.15) is 0 Å². The topological polar surface area (TPSA) is 23.3 Å². The molecule has 1 rings (SSSR count). The number of nitrogens with zero attached hydrogens (tertiary/aromatic N) is 1. The van der Waals surface area contributed by atoms with Crippen LogP contribution in [-0.4, -0.2) is 19.2 Å². The average molecular weight is 132 g/mol. The first-order valence-electron chi connectivity index (χ1n) is 2.92. The minimum absolute atomic E-state index is 0.456. The van der Waals surface area contributed by atoms with Gasteiger partial charge in [-0.3, -0.25) is 0 Å². The lowest BCUT2D eigenvalue weighted by Crippen LogP contribution is -2.25. The van der Waals surface area contributed by atoms with Crippen molar-refractivity contribution >= 4 is 9.47 Å². The summed E-state index contributed by atoms with van der Waals surface area (Å²) < 4.78 is 5.05. The van der Waals surface area contributed by atoms with Crippen LogP contribution in [0.1, 0.15) is 12.8 Å². The van der Waals surface area contributed by atoms with Crippen molar-refractivity contribution in [3.05, 3.63) is 0 Å². The molecule has 8 heavy (non-hydrogen) atoms. The Morgan fingerprint density at radius 3 is 2.38 bits per heavy atom. The molecule has 1 unspecified atom stereocenters. The van der Waals surface area contributed by atoms with Crippen LogP contribution >= 0.6 is 9.47 Å². The molecule has 1 radical (unpaired) electrons. The van der Waals surface area contributed by atoms with E-state index in [1.54, 1.807) is 0 Å². The van der Waals surface area contributed by atoms with E-state index >= 15 is 0 Å². The van der Waals surface area contributed by atoms with Gasteiger partial charge in [0, 0.05) is 22.6 Å². The van der Waals surface area contributed by atoms with Crippen molar-refractivity contribution in [2.45, 2.75) is 18.9 Å². The van der Waals surface area contributed by atoms with E-state index in [1.807, 2.05) is 0 Å². The first-order chi connectivity index (χ1) is 3.93. The van der Waals surface area contributed by atoms with Crippen molar-refractivity contribution in [3.63, 3.8) is 0 Å². The lowest BCUT2D eigenvalue weighted by Gasteiger charge is -2.18. The van der Waals surface area contributed by atoms with Gasteiger partial charge < -0.3 is 4.52 Å². The van der Waals surface area contributed by atoms with Crippen LogP contribution in [0, 0.1) is 0 Å². The molecule has 1 heterocycles. The maximum Gasteiger partial charge on any atom is 0.0636 e. The Hall–Kier alpha value is 0.350. The Morgan fingerprint density at radius 2 is 2.00 bits per heavy atom. The van der Waals surface area contributed by atoms with Crippen molar-refractivity contribution in [1.82, 2.24) is 5.32 Å². The summed E-state index contributed by atoms with van der Waals surface area (Å²) in [5, 5.41) is 4.19. The molecule has 0 N–H and O–H groups in total. The quantitative estimate of drug-likeness (QED) is 0.478. The van der Waals surface area contributed by atoms with E-state index in [1.165, 1.54) is 0 Å². The van der Waals surface area contributed by atoms with E-state index in [0.717, 1.165) is 25.9 Å². The van der Waals surface area contributed by atoms with Crippen LogP contribution in [0.5, 0.6) is 0 Å². The fourth-order valence-corrected chi connectivity index (χ4v) is 1.13. The molecule has 3 heteroatoms. The van der Waals surface area contributed by atoms with Gasteiger partial charge in [0.2, 0.25) is 0 Å². The molecule has 2 nitrogen and oxygen atoms in total. The predicted molar refractivity (Wildman–Crippen MR) is 35.7 cm³/mol. The number of hydrogen-bond donors (Lipinski definition) is 0. The summed E-state index contributed by atoms with van der Waals surface area (Å²) in [6.45, 7) is 1.97. The number of hydrogen-bond acceptors (Lipinski definition) is 1. The Morgan fingerprint density at radius 1 is 1.38 bits per heavy atom. The second-order valence-corrected chi connectivity index (χ2v) is 2.28. The highest BCUT2D eigenvalue weighted by molar-refractivity contribution is 7.09. The van der Waals surface area contributed by atoms with Gasteiger partial charge in [-0.05, 0) is 12.8 Å². The zero-order chi connectivity index (χ0) is 5.82. The van der Waals surface area contributed by atoms with Crippen molar-refractivity contribution in [2.75, 3.05) is 13.1 Å². The van der Waals surface area contributed by atoms with Crippen molar-refractivity contribution in [2.24, 2.45) is 0 Å². The van der Waals surface area contributed by atoms with Crippen LogP contribution in [0.25, 0.3) is 0 Å². The molecule has 0 aromatic carbocycles. The molecule has 0 aromatic rings. The molecule has 0 aromatic heterocycles. The molecule has 1 aliphatic heterocycles. The Balaban J connectivity index is 2.13. The summed E-state index contributed by atoms with van der Waals surface area (Å²) in [4.78, 5) is 0. The largest absolute Gasteiger partial charge is 0.362 e. The molecule has 1 saturated heterocycles. The van der Waals surface area contributed by atoms with Crippen molar-refractivity contribution < 1.29 is 4.52 Å². The highest BCUT2D eigenvalue weighted by Gasteiger charge is 2.11. The first kappa shape index (κ1) is 6.47. The Labute approximate surface area is 52.3 Å². The van der Waals surface area contributed by atoms with Crippen LogP contribution in [-0.2, 0) is 4.52 Å². The summed E-state index contributed by atoms with van der Waals surface area (Å²) >= 11 is 0. The summed E-state index contributed by atoms with van der Waals surface area (Å²) in [6, 6.07) is 0. The third kappa shape index (κ3) is 1.70. The average Bonchev–Trinajstić information content (AvgIpc) is 1.90. The van der Waals surface area contributed by atoms with E-state index in [4.69, 9.17) is 4.52 Å². The minimum atomic E-state index is 0.456. The molecule has 0 saturated carbocycles. The molecule has 0 aliphatic carbocycles. The SMILES string of the molecule is POC1CC[N]CC1. The third-order valence-electron chi connectivity index (χ3n) is 1.41. The molecule has 0 amide bonds. The molecule has 47 valence electrons. The highest BCUT2D eigenvalue weighted by Crippen LogP contribution is 2.10. The summed E-state index contributed by atoms with van der Waals surface area (Å²) in [5.74, 6) is 0. The molecule has 1 aliphatic rings.